The Morgan fingerprint density at radius 2 is 1.79 bits per heavy atom. The molecule has 0 saturated carbocycles. The first kappa shape index (κ1) is 22.0. The highest BCUT2D eigenvalue weighted by molar-refractivity contribution is 6.00. The minimum Gasteiger partial charge on any atom is -0.451 e. The van der Waals surface area contributed by atoms with Crippen molar-refractivity contribution in [2.24, 2.45) is 0 Å². The zero-order valence-electron chi connectivity index (χ0n) is 17.6. The number of nitrogens with zero attached hydrogens (tertiary/aromatic N) is 2. The first-order valence-electron chi connectivity index (χ1n) is 9.59. The van der Waals surface area contributed by atoms with Gasteiger partial charge in [-0.1, -0.05) is 13.0 Å². The normalized spacial score (nSPS) is 11.1. The minimum absolute atomic E-state index is 0.138. The van der Waals surface area contributed by atoms with Crippen LogP contribution in [0.1, 0.15) is 41.4 Å². The summed E-state index contributed by atoms with van der Waals surface area (Å²) in [7, 11) is 0. The van der Waals surface area contributed by atoms with Crippen molar-refractivity contribution in [3.05, 3.63) is 57.9 Å². The maximum absolute atomic E-state index is 12.3. The molecule has 1 amide bonds. The van der Waals surface area contributed by atoms with Crippen molar-refractivity contribution >= 4 is 23.6 Å². The quantitative estimate of drug-likeness (QED) is 0.434. The second kappa shape index (κ2) is 9.74. The highest BCUT2D eigenvalue weighted by Gasteiger charge is 2.15. The van der Waals surface area contributed by atoms with Gasteiger partial charge >= 0.3 is 5.97 Å². The zero-order valence-corrected chi connectivity index (χ0v) is 17.6. The molecular formula is C23H27N3O3. The molecule has 0 unspecified atom stereocenters. The van der Waals surface area contributed by atoms with E-state index in [2.05, 4.69) is 16.8 Å². The van der Waals surface area contributed by atoms with Gasteiger partial charge < -0.3 is 14.6 Å². The van der Waals surface area contributed by atoms with Crippen molar-refractivity contribution in [3.8, 4) is 6.07 Å². The van der Waals surface area contributed by atoms with Crippen LogP contribution in [0, 0.1) is 39.0 Å². The van der Waals surface area contributed by atoms with E-state index in [1.165, 1.54) is 6.08 Å². The minimum atomic E-state index is -0.816. The predicted octanol–water partition coefficient (Wildman–Crippen LogP) is 4.22. The summed E-state index contributed by atoms with van der Waals surface area (Å²) in [5.74, 6) is -1.27. The van der Waals surface area contributed by atoms with E-state index in [-0.39, 0.29) is 5.57 Å². The van der Waals surface area contributed by atoms with Crippen molar-refractivity contribution in [1.82, 2.24) is 4.57 Å². The number of carbonyl (C=O) groups is 2. The summed E-state index contributed by atoms with van der Waals surface area (Å²) in [4.78, 5) is 24.4. The second-order valence-electron chi connectivity index (χ2n) is 7.15. The molecule has 0 aliphatic heterocycles. The maximum Gasteiger partial charge on any atom is 0.349 e. The number of aromatic nitrogens is 1. The molecule has 0 saturated heterocycles. The molecule has 1 aromatic carbocycles. The van der Waals surface area contributed by atoms with E-state index in [4.69, 9.17) is 4.74 Å². The molecule has 0 aliphatic rings. The number of hydrogen-bond acceptors (Lipinski definition) is 4. The molecule has 1 heterocycles. The van der Waals surface area contributed by atoms with Gasteiger partial charge in [-0.3, -0.25) is 4.79 Å². The Morgan fingerprint density at radius 3 is 2.38 bits per heavy atom. The molecule has 2 aromatic rings. The monoisotopic (exact) mass is 393 g/mol. The molecule has 0 aliphatic carbocycles. The van der Waals surface area contributed by atoms with Gasteiger partial charge in [0.05, 0.1) is 0 Å². The summed E-state index contributed by atoms with van der Waals surface area (Å²) in [6.45, 7) is 10.3. The Morgan fingerprint density at radius 1 is 1.14 bits per heavy atom. The van der Waals surface area contributed by atoms with Crippen LogP contribution in [0.2, 0.25) is 0 Å². The van der Waals surface area contributed by atoms with Crippen LogP contribution in [-0.2, 0) is 20.9 Å². The smallest absolute Gasteiger partial charge is 0.349 e. The standard InChI is InChI=1S/C23H27N3O3/c1-6-7-26-17(4)11-19(18(26)5)12-20(13-24)23(28)29-14-22(27)25-21-9-15(2)8-16(3)10-21/h8-12H,6-7,14H2,1-5H3,(H,25,27)/b20-12+. The van der Waals surface area contributed by atoms with Crippen molar-refractivity contribution < 1.29 is 14.3 Å². The molecule has 6 nitrogen and oxygen atoms in total. The molecule has 0 bridgehead atoms. The number of amides is 1. The van der Waals surface area contributed by atoms with Gasteiger partial charge in [0.2, 0.25) is 0 Å². The van der Waals surface area contributed by atoms with Gasteiger partial charge in [-0.05, 0) is 75.1 Å². The van der Waals surface area contributed by atoms with E-state index in [9.17, 15) is 14.9 Å². The third-order valence-corrected chi connectivity index (χ3v) is 4.54. The summed E-state index contributed by atoms with van der Waals surface area (Å²) < 4.78 is 7.18. The highest BCUT2D eigenvalue weighted by atomic mass is 16.5. The molecule has 152 valence electrons. The second-order valence-corrected chi connectivity index (χ2v) is 7.15. The summed E-state index contributed by atoms with van der Waals surface area (Å²) in [6, 6.07) is 9.47. The predicted molar refractivity (Wildman–Crippen MR) is 113 cm³/mol. The molecule has 0 fully saturated rings. The van der Waals surface area contributed by atoms with E-state index in [0.29, 0.717) is 5.69 Å². The fourth-order valence-electron chi connectivity index (χ4n) is 3.29. The largest absolute Gasteiger partial charge is 0.451 e. The Hall–Kier alpha value is -3.33. The molecule has 0 radical (unpaired) electrons. The van der Waals surface area contributed by atoms with Gasteiger partial charge in [0.1, 0.15) is 11.6 Å². The number of anilines is 1. The van der Waals surface area contributed by atoms with Gasteiger partial charge in [-0.15, -0.1) is 0 Å². The number of rotatable bonds is 7. The Kier molecular flexibility index (Phi) is 7.38. The number of esters is 1. The summed E-state index contributed by atoms with van der Waals surface area (Å²) in [5, 5.41) is 12.1. The third-order valence-electron chi connectivity index (χ3n) is 4.54. The van der Waals surface area contributed by atoms with Crippen molar-refractivity contribution in [2.75, 3.05) is 11.9 Å². The summed E-state index contributed by atoms with van der Waals surface area (Å²) in [5.41, 5.74) is 5.39. The van der Waals surface area contributed by atoms with E-state index < -0.39 is 18.5 Å². The van der Waals surface area contributed by atoms with Gasteiger partial charge in [0.15, 0.2) is 6.61 Å². The van der Waals surface area contributed by atoms with Crippen LogP contribution >= 0.6 is 0 Å². The van der Waals surface area contributed by atoms with Crippen LogP contribution in [0.5, 0.6) is 0 Å². The average molecular weight is 393 g/mol. The van der Waals surface area contributed by atoms with Gasteiger partial charge in [0, 0.05) is 23.6 Å². The van der Waals surface area contributed by atoms with Crippen LogP contribution in [0.25, 0.3) is 6.08 Å². The Bertz CT molecular complexity index is 973. The SMILES string of the molecule is CCCn1c(C)cc(/C=C(\C#N)C(=O)OCC(=O)Nc2cc(C)cc(C)c2)c1C. The molecule has 1 aromatic heterocycles. The third kappa shape index (κ3) is 5.82. The van der Waals surface area contributed by atoms with Crippen molar-refractivity contribution in [3.63, 3.8) is 0 Å². The number of nitriles is 1. The number of benzene rings is 1. The first-order chi connectivity index (χ1) is 13.7. The topological polar surface area (TPSA) is 84.1 Å². The fourth-order valence-corrected chi connectivity index (χ4v) is 3.29. The Balaban J connectivity index is 2.05. The van der Waals surface area contributed by atoms with Gasteiger partial charge in [0.25, 0.3) is 5.91 Å². The molecule has 2 rings (SSSR count). The highest BCUT2D eigenvalue weighted by Crippen LogP contribution is 2.19. The maximum atomic E-state index is 12.3. The number of ether oxygens (including phenoxy) is 1. The van der Waals surface area contributed by atoms with Crippen LogP contribution in [0.3, 0.4) is 0 Å². The number of aryl methyl sites for hydroxylation is 3. The van der Waals surface area contributed by atoms with E-state index in [1.807, 2.05) is 58.0 Å². The fraction of sp³-hybridized carbons (Fsp3) is 0.348. The first-order valence-corrected chi connectivity index (χ1v) is 9.59. The van der Waals surface area contributed by atoms with Crippen LogP contribution < -0.4 is 5.32 Å². The molecule has 0 atom stereocenters. The number of hydrogen-bond donors (Lipinski definition) is 1. The van der Waals surface area contributed by atoms with Crippen LogP contribution in [0.4, 0.5) is 5.69 Å². The summed E-state index contributed by atoms with van der Waals surface area (Å²) >= 11 is 0. The Labute approximate surface area is 171 Å². The van der Waals surface area contributed by atoms with Crippen molar-refractivity contribution in [1.29, 1.82) is 5.26 Å². The molecule has 6 heteroatoms. The van der Waals surface area contributed by atoms with E-state index in [0.717, 1.165) is 41.0 Å². The van der Waals surface area contributed by atoms with Crippen LogP contribution in [0.15, 0.2) is 29.8 Å². The molecule has 0 spiro atoms. The average Bonchev–Trinajstić information content (AvgIpc) is 2.91. The van der Waals surface area contributed by atoms with Gasteiger partial charge in [-0.2, -0.15) is 5.26 Å². The lowest BCUT2D eigenvalue weighted by molar-refractivity contribution is -0.142. The molecular weight excluding hydrogens is 366 g/mol. The van der Waals surface area contributed by atoms with E-state index in [1.54, 1.807) is 0 Å². The molecule has 29 heavy (non-hydrogen) atoms. The van der Waals surface area contributed by atoms with Gasteiger partial charge in [-0.25, -0.2) is 4.79 Å². The zero-order chi connectivity index (χ0) is 21.6. The van der Waals surface area contributed by atoms with Crippen molar-refractivity contribution in [2.45, 2.75) is 47.6 Å². The lowest BCUT2D eigenvalue weighted by atomic mass is 10.1. The number of nitrogens with one attached hydrogen (secondary N) is 1. The molecule has 1 N–H and O–H groups in total. The van der Waals surface area contributed by atoms with Crippen LogP contribution in [-0.4, -0.2) is 23.1 Å². The number of carbonyl (C=O) groups excluding carboxylic acids is 2. The lowest BCUT2D eigenvalue weighted by Gasteiger charge is -2.08. The van der Waals surface area contributed by atoms with E-state index >= 15 is 0 Å². The summed E-state index contributed by atoms with van der Waals surface area (Å²) in [6.07, 6.45) is 2.50. The lowest BCUT2D eigenvalue weighted by Crippen LogP contribution is -2.21.